The molecule has 18 rings (SSSR count). The predicted octanol–water partition coefficient (Wildman–Crippen LogP) is 9.69. The van der Waals surface area contributed by atoms with Crippen LogP contribution in [-0.2, 0) is 40.1 Å². The number of nitrogens with one attached hydrogen (secondary N) is 4. The van der Waals surface area contributed by atoms with Crippen molar-refractivity contribution in [2.24, 2.45) is 10.3 Å². The highest BCUT2D eigenvalue weighted by Gasteiger charge is 2.36. The summed E-state index contributed by atoms with van der Waals surface area (Å²) >= 11 is 0. The number of hydrogen-bond acceptors (Lipinski definition) is 30. The predicted molar refractivity (Wildman–Crippen MR) is 489 cm³/mol. The lowest BCUT2D eigenvalue weighted by Crippen LogP contribution is -2.46. The number of aliphatic hydroxyl groups excluding tert-OH is 1. The molecule has 2 saturated heterocycles. The number of aliphatic hydroxyl groups is 1. The van der Waals surface area contributed by atoms with Gasteiger partial charge in [0.05, 0.1) is 95.5 Å². The zero-order valence-electron chi connectivity index (χ0n) is 70.6. The van der Waals surface area contributed by atoms with Crippen LogP contribution in [0.1, 0.15) is 54.3 Å². The fourth-order valence-electron chi connectivity index (χ4n) is 14.9. The number of amides is 4. The van der Waals surface area contributed by atoms with E-state index in [1.165, 1.54) is 47.6 Å². The Labute approximate surface area is 739 Å². The molecule has 10 heterocycles. The molecular weight excluding hydrogens is 1720 g/mol. The van der Waals surface area contributed by atoms with E-state index >= 15 is 0 Å². The summed E-state index contributed by atoms with van der Waals surface area (Å²) in [6.07, 6.45) is 6.76. The van der Waals surface area contributed by atoms with Crippen molar-refractivity contribution in [2.75, 3.05) is 163 Å². The van der Waals surface area contributed by atoms with Crippen LogP contribution in [0.3, 0.4) is 0 Å². The van der Waals surface area contributed by atoms with Crippen LogP contribution in [0.4, 0.5) is 115 Å². The molecule has 6 aliphatic rings. The molecule has 12 aromatic rings. The van der Waals surface area contributed by atoms with E-state index in [1.54, 1.807) is 155 Å². The molecule has 42 heteroatoms. The lowest BCUT2D eigenvalue weighted by Gasteiger charge is -2.31. The Morgan fingerprint density at radius 1 is 0.305 bits per heavy atom. The number of hydrogen-bond donors (Lipinski definition) is 7. The summed E-state index contributed by atoms with van der Waals surface area (Å²) in [5.74, 6) is 2.87. The van der Waals surface area contributed by atoms with Crippen LogP contribution in [0.5, 0.6) is 0 Å². The fourth-order valence-corrected chi connectivity index (χ4v) is 18.8. The zero-order valence-corrected chi connectivity index (χ0v) is 73.9. The van der Waals surface area contributed by atoms with Crippen LogP contribution in [0.25, 0.3) is 0 Å². The standard InChI is InChI=1S/C24H27N7O3S.C24H26N6O4S.2C19H18N6O3S/c1-28-12-14-31(15-13-28)35(33,34)18-10-8-17(9-11-18)26-24-25-16-21-22(27-24)29(2)20-7-5-4-6-19(20)23(32)30(21)3;1-28-20-6-4-3-5-19(20)23(32)29(2)21-15-25-24(27-22(21)28)26-16-7-9-18(10-8-16)35(33,34)30-13-11-17(31)12-14-30;1-24-15-9-4-3-8-14(15)18(26)25(2)16-11-21-19(23-17(16)24)22-12-6-5-7-13(10-12)29(20,27)28;1-24-15-6-4-3-5-14(15)18(26)25(2)16-11-21-19(23-17(16)24)22-12-7-9-13(10-8-12)29(20,27)28/h4-11,16H,12-15H2,1-3H3,(H,25,26,27);3-10,15,17,31H,11-14H2,1-2H3,(H,25,26,27);2*3-11H,1-2H3,(H2,20,27,28)(H,21,22,23). The van der Waals surface area contributed by atoms with Gasteiger partial charge < -0.3 is 70.5 Å². The lowest BCUT2D eigenvalue weighted by molar-refractivity contribution is 0.0986. The molecule has 0 radical (unpaired) electrons. The Hall–Kier alpha value is -14.1. The monoisotopic (exact) mass is 1810 g/mol. The summed E-state index contributed by atoms with van der Waals surface area (Å²) in [5.41, 5.74) is 9.90. The van der Waals surface area contributed by atoms with Gasteiger partial charge in [-0.2, -0.15) is 28.5 Å². The molecule has 0 spiro atoms. The number of rotatable bonds is 14. The normalized spacial score (nSPS) is 15.5. The highest BCUT2D eigenvalue weighted by atomic mass is 32.2. The maximum atomic E-state index is 13.0. The number of piperidine rings is 1. The van der Waals surface area contributed by atoms with Crippen LogP contribution in [0.15, 0.2) is 238 Å². The molecule has 660 valence electrons. The Bertz CT molecular complexity index is 6590. The first-order chi connectivity index (χ1) is 61.0. The van der Waals surface area contributed by atoms with Crippen molar-refractivity contribution in [3.05, 3.63) is 241 Å². The van der Waals surface area contributed by atoms with E-state index in [0.29, 0.717) is 161 Å². The molecule has 128 heavy (non-hydrogen) atoms. The minimum Gasteiger partial charge on any atom is -0.393 e. The van der Waals surface area contributed by atoms with Crippen molar-refractivity contribution in [3.63, 3.8) is 0 Å². The Morgan fingerprint density at radius 2 is 0.578 bits per heavy atom. The second kappa shape index (κ2) is 36.1. The number of carbonyl (C=O) groups excluding carboxylic acids is 4. The number of aromatic nitrogens is 8. The van der Waals surface area contributed by atoms with Crippen LogP contribution in [-0.4, -0.2) is 225 Å². The van der Waals surface area contributed by atoms with Crippen LogP contribution < -0.4 is 70.7 Å². The van der Waals surface area contributed by atoms with Gasteiger partial charge in [-0.15, -0.1) is 0 Å². The van der Waals surface area contributed by atoms with Crippen molar-refractivity contribution >= 4 is 179 Å². The summed E-state index contributed by atoms with van der Waals surface area (Å²) in [4.78, 5) is 103. The molecular formula is C86H89N25O13S4. The first-order valence-electron chi connectivity index (χ1n) is 39.8. The van der Waals surface area contributed by atoms with E-state index in [-0.39, 0.29) is 49.2 Å². The largest absolute Gasteiger partial charge is 0.393 e. The number of primary sulfonamides is 2. The molecule has 8 aromatic carbocycles. The third-order valence-corrected chi connectivity index (χ3v) is 27.8. The number of carbonyl (C=O) groups is 4. The van der Waals surface area contributed by atoms with Gasteiger partial charge in [-0.1, -0.05) is 54.6 Å². The van der Waals surface area contributed by atoms with Gasteiger partial charge in [-0.3, -0.25) is 19.2 Å². The van der Waals surface area contributed by atoms with Gasteiger partial charge in [-0.25, -0.2) is 63.9 Å². The number of benzene rings is 8. The van der Waals surface area contributed by atoms with Crippen molar-refractivity contribution in [1.82, 2.24) is 53.4 Å². The minimum absolute atomic E-state index is 0.0161. The molecule has 0 atom stereocenters. The third kappa shape index (κ3) is 18.4. The van der Waals surface area contributed by atoms with Crippen LogP contribution >= 0.6 is 0 Å². The molecule has 4 aromatic heterocycles. The Balaban J connectivity index is 0.000000132. The van der Waals surface area contributed by atoms with Crippen molar-refractivity contribution in [3.8, 4) is 0 Å². The average molecular weight is 1810 g/mol. The molecule has 4 amide bonds. The highest BCUT2D eigenvalue weighted by Crippen LogP contribution is 2.44. The van der Waals surface area contributed by atoms with Crippen molar-refractivity contribution in [2.45, 2.75) is 38.5 Å². The number of para-hydroxylation sites is 4. The van der Waals surface area contributed by atoms with Crippen molar-refractivity contribution in [1.29, 1.82) is 0 Å². The Morgan fingerprint density at radius 3 is 0.875 bits per heavy atom. The third-order valence-electron chi connectivity index (χ3n) is 22.2. The van der Waals surface area contributed by atoms with Gasteiger partial charge in [0.15, 0.2) is 23.3 Å². The number of nitrogens with two attached hydrogens (primary N) is 2. The molecule has 9 N–H and O–H groups in total. The molecule has 6 aliphatic heterocycles. The van der Waals surface area contributed by atoms with Gasteiger partial charge in [0.2, 0.25) is 63.9 Å². The topological polar surface area (TPSA) is 464 Å². The van der Waals surface area contributed by atoms with Gasteiger partial charge in [0.25, 0.3) is 23.6 Å². The molecule has 0 bridgehead atoms. The maximum absolute atomic E-state index is 13.0. The zero-order chi connectivity index (χ0) is 91.0. The number of sulfonamides is 4. The number of nitrogens with zero attached hydrogens (tertiary/aromatic N) is 19. The van der Waals surface area contributed by atoms with Gasteiger partial charge >= 0.3 is 0 Å². The second-order valence-corrected chi connectivity index (χ2v) is 37.4. The van der Waals surface area contributed by atoms with Crippen molar-refractivity contribution < 1.29 is 58.0 Å². The van der Waals surface area contributed by atoms with E-state index in [1.807, 2.05) is 128 Å². The van der Waals surface area contributed by atoms with Gasteiger partial charge in [0.1, 0.15) is 22.7 Å². The van der Waals surface area contributed by atoms with E-state index < -0.39 is 46.2 Å². The lowest BCUT2D eigenvalue weighted by atomic mass is 10.1. The SMILES string of the molecule is CN1C(=O)c2ccccc2N(C)c2nc(Nc3ccc(S(=O)(=O)N4CCC(O)CC4)cc3)ncc21.CN1C(=O)c2ccccc2N(C)c2nc(Nc3ccc(S(N)(=O)=O)cc3)ncc21.CN1C(=O)c2ccccc2N(C)c2nc(Nc3cccc(S(N)(=O)=O)c3)ncc21.CN1CCN(S(=O)(=O)c2ccc(Nc3ncc4c(n3)N(C)c3ccccc3C(=O)N4C)cc2)CC1. The van der Waals surface area contributed by atoms with E-state index in [4.69, 9.17) is 10.3 Å². The summed E-state index contributed by atoms with van der Waals surface area (Å²) in [7, 11) is 1.36. The fraction of sp³-hybridized carbons (Fsp3) is 0.209. The first-order valence-corrected chi connectivity index (χ1v) is 45.8. The molecule has 0 unspecified atom stereocenters. The quantitative estimate of drug-likeness (QED) is 0.0532. The smallest absolute Gasteiger partial charge is 0.260 e. The number of fused-ring (bicyclic) bond motifs is 8. The van der Waals surface area contributed by atoms with E-state index in [0.717, 1.165) is 22.7 Å². The first kappa shape index (κ1) is 88.8. The van der Waals surface area contributed by atoms with Gasteiger partial charge in [-0.05, 0) is 159 Å². The summed E-state index contributed by atoms with van der Waals surface area (Å²) in [6, 6.07) is 54.3. The highest BCUT2D eigenvalue weighted by molar-refractivity contribution is 7.90. The van der Waals surface area contributed by atoms with Gasteiger partial charge in [0, 0.05) is 118 Å². The van der Waals surface area contributed by atoms with Crippen LogP contribution in [0.2, 0.25) is 0 Å². The molecule has 0 aliphatic carbocycles. The average Bonchev–Trinajstić information content (AvgIpc) is 1.65. The molecule has 2 fully saturated rings. The second-order valence-electron chi connectivity index (χ2n) is 30.4. The number of anilines is 20. The van der Waals surface area contributed by atoms with E-state index in [9.17, 15) is 58.0 Å². The van der Waals surface area contributed by atoms with Crippen LogP contribution in [0, 0.1) is 0 Å². The molecule has 38 nitrogen and oxygen atoms in total. The number of piperazine rings is 1. The molecule has 0 saturated carbocycles. The summed E-state index contributed by atoms with van der Waals surface area (Å²) in [5, 5.41) is 32.2. The Kier molecular flexibility index (Phi) is 25.0. The maximum Gasteiger partial charge on any atom is 0.260 e. The summed E-state index contributed by atoms with van der Waals surface area (Å²) < 4.78 is 101. The van der Waals surface area contributed by atoms with E-state index in [2.05, 4.69) is 66.0 Å². The summed E-state index contributed by atoms with van der Waals surface area (Å²) in [6.45, 7) is 3.01. The number of likely N-dealkylation sites (N-methyl/N-ethyl adjacent to an activating group) is 1. The minimum atomic E-state index is -3.83.